The molecule has 10 heteroatoms. The number of hydrogen-bond donors (Lipinski definition) is 2. The maximum Gasteiger partial charge on any atom is 0.328 e. The summed E-state index contributed by atoms with van der Waals surface area (Å²) in [6, 6.07) is 1.40. The van der Waals surface area contributed by atoms with Gasteiger partial charge in [0.25, 0.3) is 17.5 Å². The molecule has 2 N–H and O–H groups in total. The molecular weight excluding hydrogens is 310 g/mol. The molecule has 1 saturated heterocycles. The lowest BCUT2D eigenvalue weighted by Gasteiger charge is -2.14. The molecule has 1 fully saturated rings. The number of methoxy groups -OCH3 is 2. The van der Waals surface area contributed by atoms with Crippen LogP contribution in [0, 0.1) is 10.1 Å². The van der Waals surface area contributed by atoms with Crippen LogP contribution in [0.1, 0.15) is 5.56 Å². The Morgan fingerprint density at radius 3 is 2.04 bits per heavy atom. The van der Waals surface area contributed by atoms with Crippen molar-refractivity contribution in [3.8, 4) is 11.5 Å². The normalized spacial score (nSPS) is 14.0. The van der Waals surface area contributed by atoms with Crippen LogP contribution in [0.3, 0.4) is 0 Å². The number of amides is 4. The fourth-order valence-corrected chi connectivity index (χ4v) is 1.92. The van der Waals surface area contributed by atoms with E-state index in [2.05, 4.69) is 0 Å². The summed E-state index contributed by atoms with van der Waals surface area (Å²) in [5.41, 5.74) is -0.894. The van der Waals surface area contributed by atoms with Gasteiger partial charge in [-0.25, -0.2) is 4.79 Å². The summed E-state index contributed by atoms with van der Waals surface area (Å²) >= 11 is 0. The summed E-state index contributed by atoms with van der Waals surface area (Å²) in [5, 5.41) is 14.9. The molecule has 1 aliphatic rings. The summed E-state index contributed by atoms with van der Waals surface area (Å²) in [4.78, 5) is 44.9. The smallest absolute Gasteiger partial charge is 0.328 e. The number of barbiturate groups is 1. The maximum atomic E-state index is 11.7. The monoisotopic (exact) mass is 321 g/mol. The van der Waals surface area contributed by atoms with Gasteiger partial charge in [-0.2, -0.15) is 0 Å². The van der Waals surface area contributed by atoms with Gasteiger partial charge in [0.15, 0.2) is 11.5 Å². The average Bonchev–Trinajstić information content (AvgIpc) is 2.49. The number of nitrogens with one attached hydrogen (secondary N) is 2. The summed E-state index contributed by atoms with van der Waals surface area (Å²) in [5.74, 6) is -1.61. The molecule has 120 valence electrons. The summed E-state index contributed by atoms with van der Waals surface area (Å²) < 4.78 is 10.0. The first kappa shape index (κ1) is 15.9. The van der Waals surface area contributed by atoms with Gasteiger partial charge in [-0.1, -0.05) is 0 Å². The van der Waals surface area contributed by atoms with E-state index in [0.29, 0.717) is 0 Å². The molecule has 0 aromatic heterocycles. The highest BCUT2D eigenvalue weighted by atomic mass is 16.6. The van der Waals surface area contributed by atoms with Gasteiger partial charge in [-0.05, 0) is 12.1 Å². The highest BCUT2D eigenvalue weighted by molar-refractivity contribution is 6.31. The molecule has 0 saturated carbocycles. The molecule has 2 rings (SSSR count). The van der Waals surface area contributed by atoms with Crippen molar-refractivity contribution in [3.63, 3.8) is 0 Å². The molecule has 0 unspecified atom stereocenters. The molecular formula is C13H11N3O7. The third-order valence-corrected chi connectivity index (χ3v) is 2.97. The van der Waals surface area contributed by atoms with Crippen molar-refractivity contribution in [2.24, 2.45) is 0 Å². The van der Waals surface area contributed by atoms with Crippen molar-refractivity contribution in [2.75, 3.05) is 14.2 Å². The predicted octanol–water partition coefficient (Wildman–Crippen LogP) is 0.361. The van der Waals surface area contributed by atoms with Gasteiger partial charge in [-0.3, -0.25) is 30.3 Å². The van der Waals surface area contributed by atoms with E-state index in [-0.39, 0.29) is 17.1 Å². The van der Waals surface area contributed by atoms with Crippen molar-refractivity contribution >= 4 is 29.6 Å². The number of urea groups is 1. The van der Waals surface area contributed by atoms with Gasteiger partial charge in [0.2, 0.25) is 0 Å². The minimum absolute atomic E-state index is 0.0534. The van der Waals surface area contributed by atoms with Crippen LogP contribution in [-0.2, 0) is 9.59 Å². The van der Waals surface area contributed by atoms with E-state index in [4.69, 9.17) is 9.47 Å². The first-order valence-electron chi connectivity index (χ1n) is 6.16. The minimum Gasteiger partial charge on any atom is -0.493 e. The number of carbonyl (C=O) groups excluding carboxylic acids is 3. The van der Waals surface area contributed by atoms with E-state index in [0.717, 1.165) is 12.1 Å². The van der Waals surface area contributed by atoms with Crippen LogP contribution in [0.4, 0.5) is 10.5 Å². The maximum absolute atomic E-state index is 11.7. The Morgan fingerprint density at radius 2 is 1.57 bits per heavy atom. The molecule has 23 heavy (non-hydrogen) atoms. The number of nitro groups is 1. The Labute approximate surface area is 129 Å². The fraction of sp³-hybridized carbons (Fsp3) is 0.154. The van der Waals surface area contributed by atoms with Gasteiger partial charge in [0, 0.05) is 0 Å². The van der Waals surface area contributed by atoms with E-state index in [1.807, 2.05) is 10.6 Å². The molecule has 0 bridgehead atoms. The lowest BCUT2D eigenvalue weighted by atomic mass is 10.1. The van der Waals surface area contributed by atoms with Crippen molar-refractivity contribution in [2.45, 2.75) is 0 Å². The molecule has 0 atom stereocenters. The summed E-state index contributed by atoms with van der Waals surface area (Å²) in [7, 11) is 2.65. The number of hydrogen-bond acceptors (Lipinski definition) is 7. The molecule has 4 amide bonds. The van der Waals surface area contributed by atoms with Crippen LogP contribution in [-0.4, -0.2) is 37.0 Å². The van der Waals surface area contributed by atoms with Crippen LogP contribution in [0.25, 0.3) is 6.08 Å². The first-order valence-corrected chi connectivity index (χ1v) is 6.16. The molecule has 0 radical (unpaired) electrons. The second-order valence-electron chi connectivity index (χ2n) is 4.32. The zero-order valence-corrected chi connectivity index (χ0v) is 12.0. The number of imide groups is 2. The first-order chi connectivity index (χ1) is 10.9. The zero-order valence-electron chi connectivity index (χ0n) is 12.0. The van der Waals surface area contributed by atoms with Crippen LogP contribution < -0.4 is 20.1 Å². The van der Waals surface area contributed by atoms with Gasteiger partial charge >= 0.3 is 6.03 Å². The Hall–Kier alpha value is -3.43. The van der Waals surface area contributed by atoms with Crippen LogP contribution in [0.2, 0.25) is 0 Å². The third kappa shape index (κ3) is 3.10. The van der Waals surface area contributed by atoms with E-state index in [1.54, 1.807) is 0 Å². The quantitative estimate of drug-likeness (QED) is 0.353. The van der Waals surface area contributed by atoms with Crippen LogP contribution in [0.5, 0.6) is 11.5 Å². The molecule has 1 aliphatic heterocycles. The number of ether oxygens (including phenoxy) is 2. The van der Waals surface area contributed by atoms with Crippen molar-refractivity contribution in [1.82, 2.24) is 10.6 Å². The molecule has 1 aromatic carbocycles. The highest BCUT2D eigenvalue weighted by Gasteiger charge is 2.29. The summed E-state index contributed by atoms with van der Waals surface area (Å²) in [6.07, 6.45) is 0.997. The molecule has 1 heterocycles. The lowest BCUT2D eigenvalue weighted by Crippen LogP contribution is -2.51. The van der Waals surface area contributed by atoms with E-state index < -0.39 is 34.0 Å². The second-order valence-corrected chi connectivity index (χ2v) is 4.32. The summed E-state index contributed by atoms with van der Waals surface area (Å²) in [6.45, 7) is 0. The molecule has 1 aromatic rings. The Kier molecular flexibility index (Phi) is 4.25. The van der Waals surface area contributed by atoms with Gasteiger partial charge in [0.05, 0.1) is 30.8 Å². The largest absolute Gasteiger partial charge is 0.493 e. The van der Waals surface area contributed by atoms with E-state index in [9.17, 15) is 24.5 Å². The molecule has 0 aliphatic carbocycles. The van der Waals surface area contributed by atoms with Gasteiger partial charge < -0.3 is 9.47 Å². The Balaban J connectivity index is 2.60. The van der Waals surface area contributed by atoms with Gasteiger partial charge in [0.1, 0.15) is 5.57 Å². The molecule has 0 spiro atoms. The zero-order chi connectivity index (χ0) is 17.1. The van der Waals surface area contributed by atoms with Crippen LogP contribution >= 0.6 is 0 Å². The average molecular weight is 321 g/mol. The SMILES string of the molecule is COc1cc(C=C2C(=O)NC(=O)NC2=O)c([N+](=O)[O-])cc1OC. The number of rotatable bonds is 4. The van der Waals surface area contributed by atoms with Crippen LogP contribution in [0.15, 0.2) is 17.7 Å². The fourth-order valence-electron chi connectivity index (χ4n) is 1.92. The van der Waals surface area contributed by atoms with E-state index in [1.165, 1.54) is 20.3 Å². The Morgan fingerprint density at radius 1 is 1.04 bits per heavy atom. The minimum atomic E-state index is -0.959. The van der Waals surface area contributed by atoms with Crippen molar-refractivity contribution < 1.29 is 28.8 Å². The predicted molar refractivity (Wildman–Crippen MR) is 75.9 cm³/mol. The second kappa shape index (κ2) is 6.13. The Bertz CT molecular complexity index is 732. The number of nitrogens with zero attached hydrogens (tertiary/aromatic N) is 1. The standard InChI is InChI=1S/C13H11N3O7/c1-22-9-4-6(8(16(20)21)5-10(9)23-2)3-7-11(17)14-13(19)15-12(7)18/h3-5H,1-2H3,(H2,14,15,17,18,19). The van der Waals surface area contributed by atoms with Gasteiger partial charge in [-0.15, -0.1) is 0 Å². The topological polar surface area (TPSA) is 137 Å². The van der Waals surface area contributed by atoms with Crippen molar-refractivity contribution in [3.05, 3.63) is 33.4 Å². The van der Waals surface area contributed by atoms with E-state index >= 15 is 0 Å². The number of benzene rings is 1. The lowest BCUT2D eigenvalue weighted by molar-refractivity contribution is -0.385. The number of carbonyl (C=O) groups is 3. The number of nitro benzene ring substituents is 1. The molecule has 10 nitrogen and oxygen atoms in total. The third-order valence-electron chi connectivity index (χ3n) is 2.97. The highest BCUT2D eigenvalue weighted by Crippen LogP contribution is 2.35. The van der Waals surface area contributed by atoms with Crippen molar-refractivity contribution in [1.29, 1.82) is 0 Å².